The van der Waals surface area contributed by atoms with Gasteiger partial charge in [0.25, 0.3) is 0 Å². The molecule has 12 heavy (non-hydrogen) atoms. The lowest BCUT2D eigenvalue weighted by Gasteiger charge is -2.29. The molecule has 2 fully saturated rings. The molecule has 0 amide bonds. The number of hydrogen-bond donors (Lipinski definition) is 1. The van der Waals surface area contributed by atoms with Crippen molar-refractivity contribution in [1.29, 1.82) is 0 Å². The lowest BCUT2D eigenvalue weighted by molar-refractivity contribution is -0.144. The van der Waals surface area contributed by atoms with Gasteiger partial charge in [-0.1, -0.05) is 0 Å². The van der Waals surface area contributed by atoms with Gasteiger partial charge in [-0.15, -0.1) is 0 Å². The third-order valence-electron chi connectivity index (χ3n) is 2.80. The average molecular weight is 171 g/mol. The van der Waals surface area contributed by atoms with Crippen molar-refractivity contribution in [3.63, 3.8) is 0 Å². The molecule has 1 N–H and O–H groups in total. The van der Waals surface area contributed by atoms with E-state index in [1.54, 1.807) is 6.92 Å². The Kier molecular flexibility index (Phi) is 1.81. The average Bonchev–Trinajstić information content (AvgIpc) is 2.62. The van der Waals surface area contributed by atoms with E-state index in [1.807, 2.05) is 4.90 Å². The van der Waals surface area contributed by atoms with Crippen LogP contribution in [0.3, 0.4) is 0 Å². The van der Waals surface area contributed by atoms with Crippen molar-refractivity contribution in [3.8, 4) is 0 Å². The summed E-state index contributed by atoms with van der Waals surface area (Å²) in [6.45, 7) is 3.24. The molecule has 0 saturated carbocycles. The molecule has 0 unspecified atom stereocenters. The van der Waals surface area contributed by atoms with Gasteiger partial charge in [0.2, 0.25) is 0 Å². The van der Waals surface area contributed by atoms with Crippen molar-refractivity contribution in [1.82, 2.24) is 4.90 Å². The highest BCUT2D eigenvalue weighted by atomic mass is 16.5. The Hall–Kier alpha value is -0.610. The second-order valence-corrected chi connectivity index (χ2v) is 3.56. The quantitative estimate of drug-likeness (QED) is 0.632. The van der Waals surface area contributed by atoms with Gasteiger partial charge in [0, 0.05) is 12.6 Å². The van der Waals surface area contributed by atoms with Gasteiger partial charge in [-0.05, 0) is 13.3 Å². The van der Waals surface area contributed by atoms with Crippen molar-refractivity contribution < 1.29 is 14.6 Å². The summed E-state index contributed by atoms with van der Waals surface area (Å²) in [4.78, 5) is 12.7. The van der Waals surface area contributed by atoms with E-state index in [0.29, 0.717) is 12.6 Å². The zero-order chi connectivity index (χ0) is 8.72. The van der Waals surface area contributed by atoms with Gasteiger partial charge in [-0.3, -0.25) is 9.69 Å². The van der Waals surface area contributed by atoms with Gasteiger partial charge in [0.15, 0.2) is 0 Å². The molecule has 2 rings (SSSR count). The summed E-state index contributed by atoms with van der Waals surface area (Å²) in [5, 5.41) is 8.79. The van der Waals surface area contributed by atoms with Gasteiger partial charge in [-0.2, -0.15) is 0 Å². The van der Waals surface area contributed by atoms with Crippen LogP contribution in [0, 0.1) is 0 Å². The standard InChI is InChI=1S/C8H13NO3/c1-5(8(10)11)9-3-7-2-6(9)4-12-7/h5-7H,2-4H2,1H3,(H,10,11)/t5-,6+,7-/m1/s1. The molecule has 2 aliphatic heterocycles. The Balaban J connectivity index is 2.02. The molecule has 0 aliphatic carbocycles. The first-order chi connectivity index (χ1) is 5.68. The van der Waals surface area contributed by atoms with Crippen LogP contribution in [-0.4, -0.2) is 47.3 Å². The third-order valence-corrected chi connectivity index (χ3v) is 2.80. The van der Waals surface area contributed by atoms with Crippen LogP contribution >= 0.6 is 0 Å². The molecule has 0 aromatic rings. The predicted octanol–water partition coefficient (Wildman–Crippen LogP) is -0.0674. The van der Waals surface area contributed by atoms with Crippen LogP contribution in [0.5, 0.6) is 0 Å². The van der Waals surface area contributed by atoms with Crippen LogP contribution in [-0.2, 0) is 9.53 Å². The van der Waals surface area contributed by atoms with Crippen molar-refractivity contribution in [2.75, 3.05) is 13.2 Å². The summed E-state index contributed by atoms with van der Waals surface area (Å²) in [5.74, 6) is -0.734. The van der Waals surface area contributed by atoms with Crippen LogP contribution in [0.15, 0.2) is 0 Å². The highest BCUT2D eigenvalue weighted by Gasteiger charge is 2.42. The van der Waals surface area contributed by atoms with E-state index in [9.17, 15) is 4.79 Å². The number of carboxylic acids is 1. The number of morpholine rings is 1. The molecule has 3 atom stereocenters. The van der Waals surface area contributed by atoms with Crippen LogP contribution in [0.4, 0.5) is 0 Å². The fourth-order valence-electron chi connectivity index (χ4n) is 2.05. The zero-order valence-electron chi connectivity index (χ0n) is 7.06. The second kappa shape index (κ2) is 2.71. The maximum atomic E-state index is 10.7. The summed E-state index contributed by atoms with van der Waals surface area (Å²) in [5.41, 5.74) is 0. The number of carbonyl (C=O) groups is 1. The largest absolute Gasteiger partial charge is 0.480 e. The Morgan fingerprint density at radius 1 is 1.75 bits per heavy atom. The molecule has 2 aliphatic rings. The second-order valence-electron chi connectivity index (χ2n) is 3.56. The third kappa shape index (κ3) is 1.11. The summed E-state index contributed by atoms with van der Waals surface area (Å²) >= 11 is 0. The number of likely N-dealkylation sites (tertiary alicyclic amines) is 1. The fraction of sp³-hybridized carbons (Fsp3) is 0.875. The van der Waals surface area contributed by atoms with E-state index < -0.39 is 5.97 Å². The highest BCUT2D eigenvalue weighted by molar-refractivity contribution is 5.73. The molecule has 68 valence electrons. The van der Waals surface area contributed by atoms with E-state index in [0.717, 1.165) is 13.0 Å². The van der Waals surface area contributed by atoms with Crippen molar-refractivity contribution in [2.24, 2.45) is 0 Å². The van der Waals surface area contributed by atoms with E-state index in [4.69, 9.17) is 9.84 Å². The topological polar surface area (TPSA) is 49.8 Å². The van der Waals surface area contributed by atoms with Gasteiger partial charge < -0.3 is 9.84 Å². The van der Waals surface area contributed by atoms with Crippen LogP contribution in [0.1, 0.15) is 13.3 Å². The molecule has 0 aromatic carbocycles. The van der Waals surface area contributed by atoms with E-state index in [2.05, 4.69) is 0 Å². The summed E-state index contributed by atoms with van der Waals surface area (Å²) < 4.78 is 5.38. The predicted molar refractivity (Wildman–Crippen MR) is 41.9 cm³/mol. The molecule has 2 heterocycles. The smallest absolute Gasteiger partial charge is 0.320 e. The van der Waals surface area contributed by atoms with Gasteiger partial charge in [0.1, 0.15) is 6.04 Å². The first kappa shape index (κ1) is 8.01. The van der Waals surface area contributed by atoms with Gasteiger partial charge >= 0.3 is 5.97 Å². The summed E-state index contributed by atoms with van der Waals surface area (Å²) in [7, 11) is 0. The minimum atomic E-state index is -0.734. The van der Waals surface area contributed by atoms with Gasteiger partial charge in [0.05, 0.1) is 12.7 Å². The Bertz CT molecular complexity index is 206. The maximum Gasteiger partial charge on any atom is 0.320 e. The van der Waals surface area contributed by atoms with Crippen LogP contribution in [0.2, 0.25) is 0 Å². The number of ether oxygens (including phenoxy) is 1. The number of nitrogens with zero attached hydrogens (tertiary/aromatic N) is 1. The van der Waals surface area contributed by atoms with Crippen molar-refractivity contribution >= 4 is 5.97 Å². The Labute approximate surface area is 71.1 Å². The van der Waals surface area contributed by atoms with Gasteiger partial charge in [-0.25, -0.2) is 0 Å². The SMILES string of the molecule is C[C@H](C(=O)O)N1C[C@H]2C[C@H]1CO2. The number of aliphatic carboxylic acids is 1. The minimum absolute atomic E-state index is 0.289. The minimum Gasteiger partial charge on any atom is -0.480 e. The molecule has 0 spiro atoms. The molecule has 0 aromatic heterocycles. The lowest BCUT2D eigenvalue weighted by Crippen LogP contribution is -2.46. The van der Waals surface area contributed by atoms with E-state index in [-0.39, 0.29) is 12.1 Å². The van der Waals surface area contributed by atoms with E-state index in [1.165, 1.54) is 0 Å². The number of carboxylic acid groups (broad SMARTS) is 1. The number of fused-ring (bicyclic) bond motifs is 2. The van der Waals surface area contributed by atoms with Crippen molar-refractivity contribution in [3.05, 3.63) is 0 Å². The molecule has 4 nitrogen and oxygen atoms in total. The maximum absolute atomic E-state index is 10.7. The molecule has 0 radical (unpaired) electrons. The molecule has 2 saturated heterocycles. The highest BCUT2D eigenvalue weighted by Crippen LogP contribution is 2.29. The molecule has 2 bridgehead atoms. The molecule has 4 heteroatoms. The first-order valence-corrected chi connectivity index (χ1v) is 4.28. The summed E-state index contributed by atoms with van der Waals surface area (Å²) in [6.07, 6.45) is 1.30. The zero-order valence-corrected chi connectivity index (χ0v) is 7.06. The normalized spacial score (nSPS) is 37.1. The fourth-order valence-corrected chi connectivity index (χ4v) is 2.05. The Morgan fingerprint density at radius 2 is 2.50 bits per heavy atom. The Morgan fingerprint density at radius 3 is 2.92 bits per heavy atom. The van der Waals surface area contributed by atoms with Crippen molar-refractivity contribution in [2.45, 2.75) is 31.5 Å². The first-order valence-electron chi connectivity index (χ1n) is 4.28. The van der Waals surface area contributed by atoms with Crippen LogP contribution in [0.25, 0.3) is 0 Å². The monoisotopic (exact) mass is 171 g/mol. The van der Waals surface area contributed by atoms with E-state index >= 15 is 0 Å². The summed E-state index contributed by atoms with van der Waals surface area (Å²) in [6, 6.07) is -0.00926. The number of rotatable bonds is 2. The lowest BCUT2D eigenvalue weighted by atomic mass is 10.2. The molecular weight excluding hydrogens is 158 g/mol. The molecular formula is C8H13NO3. The number of hydrogen-bond acceptors (Lipinski definition) is 3. The van der Waals surface area contributed by atoms with Crippen LogP contribution < -0.4 is 0 Å².